The molecule has 2 N–H and O–H groups in total. The van der Waals surface area contributed by atoms with E-state index in [1.165, 1.54) is 6.08 Å². The first-order valence-corrected chi connectivity index (χ1v) is 3.73. The number of aliphatic hydroxyl groups is 1. The van der Waals surface area contributed by atoms with E-state index in [9.17, 15) is 4.79 Å². The molecule has 0 radical (unpaired) electrons. The van der Waals surface area contributed by atoms with E-state index in [1.54, 1.807) is 6.08 Å². The number of carboxylic acids is 1. The van der Waals surface area contributed by atoms with Crippen molar-refractivity contribution in [1.82, 2.24) is 0 Å². The maximum absolute atomic E-state index is 10.0. The van der Waals surface area contributed by atoms with E-state index in [0.717, 1.165) is 12.8 Å². The summed E-state index contributed by atoms with van der Waals surface area (Å²) in [6, 6.07) is 0. The van der Waals surface area contributed by atoms with Gasteiger partial charge in [-0.15, -0.1) is 0 Å². The van der Waals surface area contributed by atoms with Gasteiger partial charge in [0.15, 0.2) is 0 Å². The fourth-order valence-corrected chi connectivity index (χ4v) is 0.667. The number of hydrogen-bond donors (Lipinski definition) is 2. The third-order valence-corrected chi connectivity index (χ3v) is 1.20. The molecular weight excluding hydrogens is 144 g/mol. The minimum Gasteiger partial charge on any atom is -0.481 e. The van der Waals surface area contributed by atoms with Gasteiger partial charge >= 0.3 is 5.97 Å². The van der Waals surface area contributed by atoms with E-state index < -0.39 is 12.1 Å². The Morgan fingerprint density at radius 3 is 2.73 bits per heavy atom. The van der Waals surface area contributed by atoms with Gasteiger partial charge in [-0.25, -0.2) is 0 Å². The molecule has 64 valence electrons. The molecule has 1 atom stereocenters. The quantitative estimate of drug-likeness (QED) is 0.590. The predicted octanol–water partition coefficient (Wildman–Crippen LogP) is 1.18. The van der Waals surface area contributed by atoms with Gasteiger partial charge in [0.1, 0.15) is 0 Å². The fraction of sp³-hybridized carbons (Fsp3) is 0.625. The van der Waals surface area contributed by atoms with Crippen LogP contribution >= 0.6 is 0 Å². The summed E-state index contributed by atoms with van der Waals surface area (Å²) in [7, 11) is 0. The van der Waals surface area contributed by atoms with Crippen molar-refractivity contribution in [2.75, 3.05) is 0 Å². The fourth-order valence-electron chi connectivity index (χ4n) is 0.667. The van der Waals surface area contributed by atoms with Crippen molar-refractivity contribution in [1.29, 1.82) is 0 Å². The lowest BCUT2D eigenvalue weighted by atomic mass is 10.2. The van der Waals surface area contributed by atoms with Crippen LogP contribution in [0.2, 0.25) is 0 Å². The summed E-state index contributed by atoms with van der Waals surface area (Å²) in [5.41, 5.74) is 0. The second-order valence-corrected chi connectivity index (χ2v) is 2.38. The first kappa shape index (κ1) is 10.2. The Kier molecular flexibility index (Phi) is 5.47. The Bertz CT molecular complexity index is 140. The molecule has 0 unspecified atom stereocenters. The van der Waals surface area contributed by atoms with Crippen LogP contribution < -0.4 is 0 Å². The molecule has 0 saturated heterocycles. The third-order valence-electron chi connectivity index (χ3n) is 1.20. The predicted molar refractivity (Wildman–Crippen MR) is 42.3 cm³/mol. The van der Waals surface area contributed by atoms with Crippen molar-refractivity contribution in [3.05, 3.63) is 12.2 Å². The molecule has 0 amide bonds. The molecule has 0 rings (SSSR count). The van der Waals surface area contributed by atoms with Gasteiger partial charge in [0.2, 0.25) is 0 Å². The van der Waals surface area contributed by atoms with E-state index in [2.05, 4.69) is 0 Å². The van der Waals surface area contributed by atoms with Crippen molar-refractivity contribution < 1.29 is 15.0 Å². The molecule has 3 heteroatoms. The molecule has 0 aromatic heterocycles. The van der Waals surface area contributed by atoms with E-state index in [1.807, 2.05) is 6.92 Å². The van der Waals surface area contributed by atoms with E-state index in [4.69, 9.17) is 10.2 Å². The highest BCUT2D eigenvalue weighted by Crippen LogP contribution is 1.96. The third kappa shape index (κ3) is 7.06. The minimum absolute atomic E-state index is 0.208. The molecule has 0 fully saturated rings. The van der Waals surface area contributed by atoms with Crippen LogP contribution in [0.3, 0.4) is 0 Å². The molecule has 0 heterocycles. The number of carbonyl (C=O) groups is 1. The molecule has 3 nitrogen and oxygen atoms in total. The number of aliphatic hydroxyl groups excluding tert-OH is 1. The molecule has 0 saturated carbocycles. The summed E-state index contributed by atoms with van der Waals surface area (Å²) in [6.07, 6.45) is 4.18. The summed E-state index contributed by atoms with van der Waals surface area (Å²) < 4.78 is 0. The largest absolute Gasteiger partial charge is 0.481 e. The monoisotopic (exact) mass is 158 g/mol. The van der Waals surface area contributed by atoms with Crippen LogP contribution in [0.15, 0.2) is 12.2 Å². The summed E-state index contributed by atoms with van der Waals surface area (Å²) in [6.45, 7) is 2.02. The second kappa shape index (κ2) is 5.92. The summed E-state index contributed by atoms with van der Waals surface area (Å²) in [5, 5.41) is 17.2. The van der Waals surface area contributed by atoms with Crippen LogP contribution in [-0.4, -0.2) is 22.3 Å². The average Bonchev–Trinajstić information content (AvgIpc) is 1.86. The van der Waals surface area contributed by atoms with Crippen molar-refractivity contribution in [2.45, 2.75) is 32.3 Å². The maximum Gasteiger partial charge on any atom is 0.306 e. The molecule has 0 aromatic carbocycles. The Labute approximate surface area is 66.4 Å². The highest BCUT2D eigenvalue weighted by Gasteiger charge is 2.03. The van der Waals surface area contributed by atoms with Gasteiger partial charge in [-0.05, 0) is 6.42 Å². The number of carboxylic acid groups (broad SMARTS) is 1. The normalized spacial score (nSPS) is 13.6. The molecule has 0 spiro atoms. The first-order valence-electron chi connectivity index (χ1n) is 3.73. The zero-order valence-corrected chi connectivity index (χ0v) is 6.66. The zero-order chi connectivity index (χ0) is 8.69. The molecule has 0 bridgehead atoms. The van der Waals surface area contributed by atoms with E-state index >= 15 is 0 Å². The smallest absolute Gasteiger partial charge is 0.306 e. The van der Waals surface area contributed by atoms with Crippen LogP contribution in [0.5, 0.6) is 0 Å². The standard InChI is InChI=1S/C8H14O3/c1-2-3-4-5-7(9)6-8(10)11/h4-5,7,9H,2-3,6H2,1H3,(H,10,11)/t7-/m0/s1. The van der Waals surface area contributed by atoms with Crippen LogP contribution in [0.25, 0.3) is 0 Å². The van der Waals surface area contributed by atoms with Gasteiger partial charge in [0.25, 0.3) is 0 Å². The lowest BCUT2D eigenvalue weighted by Crippen LogP contribution is -2.09. The molecule has 0 aliphatic carbocycles. The SMILES string of the molecule is CCCC=C[C@H](O)CC(=O)O. The summed E-state index contributed by atoms with van der Waals surface area (Å²) in [5.74, 6) is -0.973. The van der Waals surface area contributed by atoms with Gasteiger partial charge in [0, 0.05) is 0 Å². The Balaban J connectivity index is 3.50. The zero-order valence-electron chi connectivity index (χ0n) is 6.66. The Morgan fingerprint density at radius 2 is 2.27 bits per heavy atom. The lowest BCUT2D eigenvalue weighted by molar-refractivity contribution is -0.138. The second-order valence-electron chi connectivity index (χ2n) is 2.38. The van der Waals surface area contributed by atoms with Crippen molar-refractivity contribution >= 4 is 5.97 Å². The lowest BCUT2D eigenvalue weighted by Gasteiger charge is -1.98. The van der Waals surface area contributed by atoms with E-state index in [-0.39, 0.29) is 6.42 Å². The first-order chi connectivity index (χ1) is 5.16. The van der Waals surface area contributed by atoms with Gasteiger partial charge in [-0.3, -0.25) is 4.79 Å². The van der Waals surface area contributed by atoms with Crippen molar-refractivity contribution in [3.63, 3.8) is 0 Å². The maximum atomic E-state index is 10.0. The minimum atomic E-state index is -0.973. The van der Waals surface area contributed by atoms with Crippen LogP contribution in [0, 0.1) is 0 Å². The van der Waals surface area contributed by atoms with Crippen LogP contribution in [0.4, 0.5) is 0 Å². The van der Waals surface area contributed by atoms with Crippen LogP contribution in [0.1, 0.15) is 26.2 Å². The van der Waals surface area contributed by atoms with Gasteiger partial charge in [-0.1, -0.05) is 25.5 Å². The molecule has 0 aromatic rings. The topological polar surface area (TPSA) is 57.5 Å². The summed E-state index contributed by atoms with van der Waals surface area (Å²) in [4.78, 5) is 10.0. The van der Waals surface area contributed by atoms with Gasteiger partial charge in [-0.2, -0.15) is 0 Å². The molecule has 0 aliphatic rings. The Hall–Kier alpha value is -0.830. The Morgan fingerprint density at radius 1 is 1.64 bits per heavy atom. The van der Waals surface area contributed by atoms with Gasteiger partial charge in [0.05, 0.1) is 12.5 Å². The summed E-state index contributed by atoms with van der Waals surface area (Å²) >= 11 is 0. The highest BCUT2D eigenvalue weighted by molar-refractivity contribution is 5.67. The number of unbranched alkanes of at least 4 members (excludes halogenated alkanes) is 1. The van der Waals surface area contributed by atoms with Gasteiger partial charge < -0.3 is 10.2 Å². The molecule has 0 aliphatic heterocycles. The van der Waals surface area contributed by atoms with E-state index in [0.29, 0.717) is 0 Å². The number of rotatable bonds is 5. The molecular formula is C8H14O3. The van der Waals surface area contributed by atoms with Crippen LogP contribution in [-0.2, 0) is 4.79 Å². The average molecular weight is 158 g/mol. The number of allylic oxidation sites excluding steroid dienone is 1. The number of aliphatic carboxylic acids is 1. The van der Waals surface area contributed by atoms with Crippen molar-refractivity contribution in [3.8, 4) is 0 Å². The molecule has 11 heavy (non-hydrogen) atoms. The van der Waals surface area contributed by atoms with Crippen molar-refractivity contribution in [2.24, 2.45) is 0 Å². The highest BCUT2D eigenvalue weighted by atomic mass is 16.4. The number of hydrogen-bond acceptors (Lipinski definition) is 2.